The Kier molecular flexibility index (Phi) is 8.10. The number of likely N-dealkylation sites (N-methyl/N-ethyl adjacent to an activating group) is 1. The van der Waals surface area contributed by atoms with Gasteiger partial charge in [-0.1, -0.05) is 0 Å². The molecule has 2 N–H and O–H groups in total. The maximum atomic E-state index is 5.31. The van der Waals surface area contributed by atoms with Crippen LogP contribution < -0.4 is 10.6 Å². The van der Waals surface area contributed by atoms with Crippen molar-refractivity contribution in [1.82, 2.24) is 15.5 Å². The molecule has 0 spiro atoms. The Morgan fingerprint density at radius 2 is 2.19 bits per heavy atom. The number of aliphatic imine (C=N–C) groups is 1. The van der Waals surface area contributed by atoms with Gasteiger partial charge in [-0.05, 0) is 45.0 Å². The highest BCUT2D eigenvalue weighted by atomic mass is 127. The van der Waals surface area contributed by atoms with Crippen molar-refractivity contribution >= 4 is 29.9 Å². The topological polar surface area (TPSA) is 52.8 Å². The van der Waals surface area contributed by atoms with E-state index in [4.69, 9.17) is 4.42 Å². The predicted molar refractivity (Wildman–Crippen MR) is 97.4 cm³/mol. The molecule has 6 heteroatoms. The van der Waals surface area contributed by atoms with E-state index in [1.165, 1.54) is 12.8 Å². The van der Waals surface area contributed by atoms with Crippen molar-refractivity contribution in [3.8, 4) is 0 Å². The van der Waals surface area contributed by atoms with E-state index in [9.17, 15) is 0 Å². The third-order valence-electron chi connectivity index (χ3n) is 3.78. The molecule has 0 aliphatic heterocycles. The summed E-state index contributed by atoms with van der Waals surface area (Å²) in [4.78, 5) is 6.57. The quantitative estimate of drug-likeness (QED) is 0.413. The van der Waals surface area contributed by atoms with Crippen LogP contribution in [0.25, 0.3) is 0 Å². The molecule has 0 amide bonds. The van der Waals surface area contributed by atoms with E-state index in [0.29, 0.717) is 6.04 Å². The fraction of sp³-hybridized carbons (Fsp3) is 0.667. The van der Waals surface area contributed by atoms with Gasteiger partial charge in [-0.25, -0.2) is 0 Å². The number of hydrogen-bond donors (Lipinski definition) is 2. The first-order valence-electron chi connectivity index (χ1n) is 7.34. The molecule has 5 nitrogen and oxygen atoms in total. The van der Waals surface area contributed by atoms with Crippen LogP contribution in [0.3, 0.4) is 0 Å². The van der Waals surface area contributed by atoms with Gasteiger partial charge in [-0.2, -0.15) is 0 Å². The first-order chi connectivity index (χ1) is 9.70. The summed E-state index contributed by atoms with van der Waals surface area (Å²) in [5, 5.41) is 6.74. The zero-order chi connectivity index (χ0) is 14.4. The van der Waals surface area contributed by atoms with Crippen LogP contribution in [-0.2, 0) is 6.42 Å². The number of guanidine groups is 1. The Labute approximate surface area is 144 Å². The van der Waals surface area contributed by atoms with Gasteiger partial charge in [0.25, 0.3) is 0 Å². The Morgan fingerprint density at radius 3 is 2.71 bits per heavy atom. The first-order valence-corrected chi connectivity index (χ1v) is 7.34. The van der Waals surface area contributed by atoms with Gasteiger partial charge in [-0.3, -0.25) is 4.99 Å². The van der Waals surface area contributed by atoms with Gasteiger partial charge in [0.15, 0.2) is 5.96 Å². The molecule has 0 bridgehead atoms. The second-order valence-corrected chi connectivity index (χ2v) is 5.58. The summed E-state index contributed by atoms with van der Waals surface area (Å²) in [6, 6.07) is 4.51. The largest absolute Gasteiger partial charge is 0.469 e. The lowest BCUT2D eigenvalue weighted by Gasteiger charge is -2.25. The van der Waals surface area contributed by atoms with Crippen molar-refractivity contribution in [3.63, 3.8) is 0 Å². The van der Waals surface area contributed by atoms with Crippen LogP contribution in [0, 0.1) is 5.92 Å². The molecule has 1 atom stereocenters. The molecule has 2 rings (SSSR count). The van der Waals surface area contributed by atoms with Gasteiger partial charge >= 0.3 is 0 Å². The number of nitrogens with one attached hydrogen (secondary N) is 2. The van der Waals surface area contributed by atoms with E-state index >= 15 is 0 Å². The minimum Gasteiger partial charge on any atom is -0.469 e. The molecule has 1 unspecified atom stereocenters. The van der Waals surface area contributed by atoms with Crippen LogP contribution >= 0.6 is 24.0 Å². The average molecular weight is 406 g/mol. The van der Waals surface area contributed by atoms with Crippen molar-refractivity contribution < 1.29 is 4.42 Å². The Hall–Kier alpha value is -0.760. The Morgan fingerprint density at radius 1 is 1.43 bits per heavy atom. The number of halogens is 1. The number of rotatable bonds is 7. The highest BCUT2D eigenvalue weighted by Crippen LogP contribution is 2.34. The van der Waals surface area contributed by atoms with E-state index in [-0.39, 0.29) is 24.0 Å². The molecule has 1 aliphatic rings. The summed E-state index contributed by atoms with van der Waals surface area (Å²) >= 11 is 0. The van der Waals surface area contributed by atoms with Crippen molar-refractivity contribution in [2.24, 2.45) is 10.9 Å². The van der Waals surface area contributed by atoms with Crippen molar-refractivity contribution in [1.29, 1.82) is 0 Å². The molecule has 120 valence electrons. The molecule has 1 fully saturated rings. The van der Waals surface area contributed by atoms with Gasteiger partial charge in [0.05, 0.1) is 6.26 Å². The second-order valence-electron chi connectivity index (χ2n) is 5.58. The van der Waals surface area contributed by atoms with E-state index < -0.39 is 0 Å². The molecule has 0 aromatic carbocycles. The number of hydrogen-bond acceptors (Lipinski definition) is 3. The normalized spacial score (nSPS) is 16.5. The van der Waals surface area contributed by atoms with Crippen LogP contribution in [0.15, 0.2) is 27.8 Å². The van der Waals surface area contributed by atoms with Gasteiger partial charge in [0, 0.05) is 32.6 Å². The maximum Gasteiger partial charge on any atom is 0.191 e. The minimum absolute atomic E-state index is 0. The zero-order valence-corrected chi connectivity index (χ0v) is 15.5. The number of nitrogens with zero attached hydrogens (tertiary/aromatic N) is 2. The summed E-state index contributed by atoms with van der Waals surface area (Å²) in [6.07, 6.45) is 5.29. The van der Waals surface area contributed by atoms with E-state index in [1.54, 1.807) is 6.26 Å². The summed E-state index contributed by atoms with van der Waals surface area (Å²) < 4.78 is 5.31. The van der Waals surface area contributed by atoms with Crippen molar-refractivity contribution in [3.05, 3.63) is 24.2 Å². The van der Waals surface area contributed by atoms with E-state index in [0.717, 1.165) is 37.1 Å². The van der Waals surface area contributed by atoms with Crippen LogP contribution in [0.4, 0.5) is 0 Å². The molecule has 0 saturated heterocycles. The lowest BCUT2D eigenvalue weighted by Crippen LogP contribution is -2.46. The van der Waals surface area contributed by atoms with E-state index in [1.807, 2.05) is 19.2 Å². The molecule has 0 radical (unpaired) electrons. The Bertz CT molecular complexity index is 413. The molecular weight excluding hydrogens is 379 g/mol. The maximum absolute atomic E-state index is 5.31. The molecule has 1 aromatic heterocycles. The van der Waals surface area contributed by atoms with Crippen molar-refractivity contribution in [2.45, 2.75) is 25.3 Å². The Balaban J connectivity index is 0.00000220. The summed E-state index contributed by atoms with van der Waals surface area (Å²) in [5.74, 6) is 2.71. The highest BCUT2D eigenvalue weighted by molar-refractivity contribution is 14.0. The smallest absolute Gasteiger partial charge is 0.191 e. The molecular formula is C15H27IN4O. The predicted octanol–water partition coefficient (Wildman–Crippen LogP) is 1.95. The molecule has 1 aliphatic carbocycles. The standard InChI is InChI=1S/C15H26N4O.HI/c1-16-15(17-9-8-13-5-4-10-20-13)18-11-14(19(2)3)12-6-7-12;/h4-5,10,12,14H,6-9,11H2,1-3H3,(H2,16,17,18);1H. The molecule has 21 heavy (non-hydrogen) atoms. The van der Waals surface area contributed by atoms with Gasteiger partial charge in [-0.15, -0.1) is 24.0 Å². The monoisotopic (exact) mass is 406 g/mol. The minimum atomic E-state index is 0. The van der Waals surface area contributed by atoms with E-state index in [2.05, 4.69) is 34.6 Å². The van der Waals surface area contributed by atoms with Crippen LogP contribution in [0.1, 0.15) is 18.6 Å². The zero-order valence-electron chi connectivity index (χ0n) is 13.1. The lowest BCUT2D eigenvalue weighted by atomic mass is 10.1. The summed E-state index contributed by atoms with van der Waals surface area (Å²) in [7, 11) is 6.11. The van der Waals surface area contributed by atoms with Crippen LogP contribution in [0.5, 0.6) is 0 Å². The lowest BCUT2D eigenvalue weighted by molar-refractivity contribution is 0.264. The first kappa shape index (κ1) is 18.3. The fourth-order valence-corrected chi connectivity index (χ4v) is 2.43. The molecule has 1 aromatic rings. The molecule has 1 saturated carbocycles. The van der Waals surface area contributed by atoms with Crippen LogP contribution in [-0.4, -0.2) is 51.1 Å². The molecule has 1 heterocycles. The average Bonchev–Trinajstić information content (AvgIpc) is 3.12. The van der Waals surface area contributed by atoms with Crippen LogP contribution in [0.2, 0.25) is 0 Å². The third kappa shape index (κ3) is 6.25. The summed E-state index contributed by atoms with van der Waals surface area (Å²) in [5.41, 5.74) is 0. The summed E-state index contributed by atoms with van der Waals surface area (Å²) in [6.45, 7) is 1.77. The van der Waals surface area contributed by atoms with Crippen molar-refractivity contribution in [2.75, 3.05) is 34.2 Å². The second kappa shape index (κ2) is 9.30. The van der Waals surface area contributed by atoms with Gasteiger partial charge in [0.2, 0.25) is 0 Å². The highest BCUT2D eigenvalue weighted by Gasteiger charge is 2.32. The SMILES string of the molecule is CN=C(NCCc1ccco1)NCC(C1CC1)N(C)C.I. The fourth-order valence-electron chi connectivity index (χ4n) is 2.43. The van der Waals surface area contributed by atoms with Gasteiger partial charge in [0.1, 0.15) is 5.76 Å². The number of furan rings is 1. The third-order valence-corrected chi connectivity index (χ3v) is 3.78. The van der Waals surface area contributed by atoms with Gasteiger partial charge < -0.3 is 20.0 Å².